The topological polar surface area (TPSA) is 49.4 Å². The molecule has 2 aliphatic rings. The highest BCUT2D eigenvalue weighted by Gasteiger charge is 2.43. The summed E-state index contributed by atoms with van der Waals surface area (Å²) in [7, 11) is -3.23. The third-order valence-corrected chi connectivity index (χ3v) is 6.10. The highest BCUT2D eigenvalue weighted by atomic mass is 35.5. The van der Waals surface area contributed by atoms with Crippen LogP contribution in [-0.2, 0) is 10.0 Å². The Morgan fingerprint density at radius 2 is 2.05 bits per heavy atom. The van der Waals surface area contributed by atoms with Crippen molar-refractivity contribution in [2.45, 2.75) is 24.1 Å². The molecule has 3 rings (SSSR count). The summed E-state index contributed by atoms with van der Waals surface area (Å²) in [5, 5.41) is 2.96. The first-order valence-electron chi connectivity index (χ1n) is 6.56. The van der Waals surface area contributed by atoms with Gasteiger partial charge < -0.3 is 5.32 Å². The zero-order valence-corrected chi connectivity index (χ0v) is 12.6. The van der Waals surface area contributed by atoms with E-state index in [1.165, 1.54) is 12.1 Å². The molecule has 1 aliphatic heterocycles. The van der Waals surface area contributed by atoms with Gasteiger partial charge in [-0.15, -0.1) is 12.4 Å². The third kappa shape index (κ3) is 2.98. The average Bonchev–Trinajstić information content (AvgIpc) is 3.23. The second kappa shape index (κ2) is 5.97. The third-order valence-electron chi connectivity index (χ3n) is 3.70. The van der Waals surface area contributed by atoms with Gasteiger partial charge >= 0.3 is 0 Å². The second-order valence-corrected chi connectivity index (χ2v) is 7.30. The predicted molar refractivity (Wildman–Crippen MR) is 77.9 cm³/mol. The largest absolute Gasteiger partial charge is 0.313 e. The molecule has 1 heterocycles. The van der Waals surface area contributed by atoms with E-state index >= 15 is 0 Å². The van der Waals surface area contributed by atoms with E-state index in [1.807, 2.05) is 0 Å². The number of sulfonamides is 1. The van der Waals surface area contributed by atoms with E-state index in [0.29, 0.717) is 19.6 Å². The van der Waals surface area contributed by atoms with Gasteiger partial charge in [-0.2, -0.15) is 4.31 Å². The van der Waals surface area contributed by atoms with Crippen LogP contribution >= 0.6 is 12.4 Å². The molecule has 1 N–H and O–H groups in total. The number of benzene rings is 1. The van der Waals surface area contributed by atoms with Crippen LogP contribution in [0.15, 0.2) is 24.3 Å². The number of hydrogen-bond donors (Lipinski definition) is 1. The fraction of sp³-hybridized carbons (Fsp3) is 0.538. The van der Waals surface area contributed by atoms with Crippen molar-refractivity contribution in [3.05, 3.63) is 35.6 Å². The highest BCUT2D eigenvalue weighted by Crippen LogP contribution is 2.35. The van der Waals surface area contributed by atoms with Gasteiger partial charge in [-0.3, -0.25) is 0 Å². The summed E-state index contributed by atoms with van der Waals surface area (Å²) in [6.07, 6.45) is 1.50. The maximum atomic E-state index is 13.3. The Bertz CT molecular complexity index is 577. The Hall–Kier alpha value is -0.690. The van der Waals surface area contributed by atoms with E-state index < -0.39 is 10.0 Å². The molecule has 0 radical (unpaired) electrons. The first-order valence-corrected chi connectivity index (χ1v) is 8.06. The number of piperazine rings is 1. The van der Waals surface area contributed by atoms with Gasteiger partial charge in [0.2, 0.25) is 10.0 Å². The van der Waals surface area contributed by atoms with Crippen LogP contribution in [0.2, 0.25) is 0 Å². The molecule has 0 aromatic heterocycles. The summed E-state index contributed by atoms with van der Waals surface area (Å²) >= 11 is 0. The van der Waals surface area contributed by atoms with Crippen LogP contribution in [0.1, 0.15) is 24.4 Å². The molecule has 7 heteroatoms. The minimum atomic E-state index is -3.23. The van der Waals surface area contributed by atoms with E-state index in [9.17, 15) is 12.8 Å². The van der Waals surface area contributed by atoms with Crippen LogP contribution in [0.25, 0.3) is 0 Å². The molecular weight excluding hydrogens is 303 g/mol. The summed E-state index contributed by atoms with van der Waals surface area (Å²) in [4.78, 5) is 0. The molecule has 1 saturated heterocycles. The maximum absolute atomic E-state index is 13.3. The molecule has 4 nitrogen and oxygen atoms in total. The zero-order valence-electron chi connectivity index (χ0n) is 11.0. The second-order valence-electron chi connectivity index (χ2n) is 5.13. The highest BCUT2D eigenvalue weighted by molar-refractivity contribution is 7.90. The van der Waals surface area contributed by atoms with Crippen molar-refractivity contribution in [1.82, 2.24) is 9.62 Å². The lowest BCUT2D eigenvalue weighted by Crippen LogP contribution is -2.49. The Balaban J connectivity index is 0.00000147. The monoisotopic (exact) mass is 320 g/mol. The minimum absolute atomic E-state index is 0. The van der Waals surface area contributed by atoms with E-state index in [2.05, 4.69) is 5.32 Å². The fourth-order valence-electron chi connectivity index (χ4n) is 2.55. The number of nitrogens with zero attached hydrogens (tertiary/aromatic N) is 1. The molecule has 1 atom stereocenters. The normalized spacial score (nSPS) is 24.1. The first-order chi connectivity index (χ1) is 9.09. The molecule has 1 unspecified atom stereocenters. The van der Waals surface area contributed by atoms with Crippen LogP contribution < -0.4 is 5.32 Å². The summed E-state index contributed by atoms with van der Waals surface area (Å²) in [5.74, 6) is -0.327. The lowest BCUT2D eigenvalue weighted by atomic mass is 10.1. The van der Waals surface area contributed by atoms with Gasteiger partial charge in [0.05, 0.1) is 11.3 Å². The quantitative estimate of drug-likeness (QED) is 0.922. The van der Waals surface area contributed by atoms with Gasteiger partial charge in [0.1, 0.15) is 5.82 Å². The smallest absolute Gasteiger partial charge is 0.217 e. The molecule has 1 aromatic rings. The van der Waals surface area contributed by atoms with E-state index in [4.69, 9.17) is 0 Å². The number of hydrogen-bond acceptors (Lipinski definition) is 3. The Morgan fingerprint density at radius 1 is 1.30 bits per heavy atom. The molecule has 0 amide bonds. The van der Waals surface area contributed by atoms with Crippen molar-refractivity contribution >= 4 is 22.4 Å². The Kier molecular flexibility index (Phi) is 4.69. The van der Waals surface area contributed by atoms with Gasteiger partial charge in [0.15, 0.2) is 0 Å². The molecule has 2 fully saturated rings. The van der Waals surface area contributed by atoms with E-state index in [-0.39, 0.29) is 29.5 Å². The summed E-state index contributed by atoms with van der Waals surface area (Å²) in [5.41, 5.74) is 0.719. The van der Waals surface area contributed by atoms with Crippen molar-refractivity contribution in [3.63, 3.8) is 0 Å². The summed E-state index contributed by atoms with van der Waals surface area (Å²) in [6.45, 7) is 1.65. The van der Waals surface area contributed by atoms with Crippen molar-refractivity contribution in [2.75, 3.05) is 19.6 Å². The number of nitrogens with one attached hydrogen (secondary N) is 1. The number of rotatable bonds is 3. The first kappa shape index (κ1) is 15.7. The number of halogens is 2. The molecule has 1 aliphatic carbocycles. The van der Waals surface area contributed by atoms with Crippen LogP contribution in [0.5, 0.6) is 0 Å². The lowest BCUT2D eigenvalue weighted by molar-refractivity contribution is 0.270. The summed E-state index contributed by atoms with van der Waals surface area (Å²) in [6, 6.07) is 5.92. The standard InChI is InChI=1S/C13H17FN2O2S.ClH/c14-11-3-1-2-10(8-11)13-9-15-6-7-16(13)19(17,18)12-4-5-12;/h1-3,8,12-13,15H,4-7,9H2;1H. The van der Waals surface area contributed by atoms with Crippen LogP contribution in [0.4, 0.5) is 4.39 Å². The molecule has 112 valence electrons. The van der Waals surface area contributed by atoms with Crippen LogP contribution in [-0.4, -0.2) is 37.6 Å². The van der Waals surface area contributed by atoms with Gasteiger partial charge in [-0.25, -0.2) is 12.8 Å². The Labute approximate surface area is 124 Å². The molecule has 1 aromatic carbocycles. The lowest BCUT2D eigenvalue weighted by Gasteiger charge is -2.35. The van der Waals surface area contributed by atoms with Crippen molar-refractivity contribution < 1.29 is 12.8 Å². The molecule has 1 saturated carbocycles. The van der Waals surface area contributed by atoms with Crippen molar-refractivity contribution in [3.8, 4) is 0 Å². The van der Waals surface area contributed by atoms with Crippen molar-refractivity contribution in [1.29, 1.82) is 0 Å². The predicted octanol–water partition coefficient (Wildman–Crippen LogP) is 1.69. The molecule has 0 spiro atoms. The molecule has 0 bridgehead atoms. The van der Waals surface area contributed by atoms with Gasteiger partial charge in [-0.05, 0) is 30.5 Å². The zero-order chi connectivity index (χ0) is 13.5. The minimum Gasteiger partial charge on any atom is -0.313 e. The van der Waals surface area contributed by atoms with E-state index in [1.54, 1.807) is 16.4 Å². The van der Waals surface area contributed by atoms with Crippen molar-refractivity contribution in [2.24, 2.45) is 0 Å². The van der Waals surface area contributed by atoms with Gasteiger partial charge in [0.25, 0.3) is 0 Å². The fourth-order valence-corrected chi connectivity index (χ4v) is 4.56. The van der Waals surface area contributed by atoms with Gasteiger partial charge in [-0.1, -0.05) is 12.1 Å². The Morgan fingerprint density at radius 3 is 2.70 bits per heavy atom. The van der Waals surface area contributed by atoms with Crippen LogP contribution in [0.3, 0.4) is 0 Å². The van der Waals surface area contributed by atoms with Gasteiger partial charge in [0, 0.05) is 19.6 Å². The average molecular weight is 321 g/mol. The molecular formula is C13H18ClFN2O2S. The van der Waals surface area contributed by atoms with Crippen LogP contribution in [0, 0.1) is 5.82 Å². The molecule has 20 heavy (non-hydrogen) atoms. The summed E-state index contributed by atoms with van der Waals surface area (Å²) < 4.78 is 39.7. The maximum Gasteiger partial charge on any atom is 0.217 e. The van der Waals surface area contributed by atoms with E-state index in [0.717, 1.165) is 18.4 Å². The SMILES string of the molecule is Cl.O=S(=O)(C1CC1)N1CCNCC1c1cccc(F)c1.